The molecule has 3 rings (SSSR count). The molecule has 6 heteroatoms. The van der Waals surface area contributed by atoms with E-state index in [1.54, 1.807) is 6.07 Å². The number of aromatic nitrogens is 1. The van der Waals surface area contributed by atoms with Crippen molar-refractivity contribution < 1.29 is 19.8 Å². The summed E-state index contributed by atoms with van der Waals surface area (Å²) in [6.45, 7) is 0.642. The molecule has 20 heavy (non-hydrogen) atoms. The van der Waals surface area contributed by atoms with E-state index in [-0.39, 0.29) is 23.9 Å². The third kappa shape index (κ3) is 1.75. The van der Waals surface area contributed by atoms with Gasteiger partial charge in [0, 0.05) is 19.3 Å². The van der Waals surface area contributed by atoms with Crippen LogP contribution in [-0.2, 0) is 4.79 Å². The molecule has 1 saturated heterocycles. The average molecular weight is 276 g/mol. The molecule has 1 aliphatic heterocycles. The van der Waals surface area contributed by atoms with Crippen LogP contribution in [0.4, 0.5) is 0 Å². The van der Waals surface area contributed by atoms with Crippen LogP contribution in [0.3, 0.4) is 0 Å². The molecule has 1 amide bonds. The number of aliphatic carboxylic acids is 1. The third-order valence-corrected chi connectivity index (χ3v) is 4.57. The van der Waals surface area contributed by atoms with Gasteiger partial charge in [-0.15, -0.1) is 0 Å². The highest BCUT2D eigenvalue weighted by atomic mass is 16.4. The molecule has 1 aromatic rings. The van der Waals surface area contributed by atoms with Crippen LogP contribution in [0, 0.1) is 11.3 Å². The number of carbonyl (C=O) groups is 2. The summed E-state index contributed by atoms with van der Waals surface area (Å²) in [5, 5.41) is 19.2. The third-order valence-electron chi connectivity index (χ3n) is 4.57. The van der Waals surface area contributed by atoms with E-state index in [2.05, 4.69) is 4.98 Å². The number of rotatable bonds is 2. The normalized spacial score (nSPS) is 28.4. The van der Waals surface area contributed by atoms with Gasteiger partial charge in [-0.05, 0) is 30.9 Å². The van der Waals surface area contributed by atoms with Gasteiger partial charge in [-0.2, -0.15) is 0 Å². The number of amides is 1. The van der Waals surface area contributed by atoms with Crippen molar-refractivity contribution in [3.8, 4) is 5.75 Å². The van der Waals surface area contributed by atoms with Crippen molar-refractivity contribution in [2.24, 2.45) is 11.3 Å². The first-order valence-electron chi connectivity index (χ1n) is 6.71. The van der Waals surface area contributed by atoms with Gasteiger partial charge in [0.05, 0.1) is 5.41 Å². The number of pyridine rings is 1. The summed E-state index contributed by atoms with van der Waals surface area (Å²) in [4.78, 5) is 29.4. The van der Waals surface area contributed by atoms with Gasteiger partial charge in [0.25, 0.3) is 5.91 Å². The highest BCUT2D eigenvalue weighted by Gasteiger charge is 2.56. The smallest absolute Gasteiger partial charge is 0.311 e. The summed E-state index contributed by atoms with van der Waals surface area (Å²) in [7, 11) is 0. The van der Waals surface area contributed by atoms with E-state index >= 15 is 0 Å². The van der Waals surface area contributed by atoms with E-state index in [1.165, 1.54) is 17.2 Å². The number of hydrogen-bond donors (Lipinski definition) is 2. The van der Waals surface area contributed by atoms with Crippen LogP contribution in [0.25, 0.3) is 0 Å². The van der Waals surface area contributed by atoms with E-state index in [0.717, 1.165) is 12.8 Å². The van der Waals surface area contributed by atoms with Crippen molar-refractivity contribution in [2.45, 2.75) is 19.3 Å². The fourth-order valence-electron chi connectivity index (χ4n) is 3.50. The first-order chi connectivity index (χ1) is 9.54. The molecule has 2 fully saturated rings. The minimum absolute atomic E-state index is 0.00647. The Morgan fingerprint density at radius 2 is 2.25 bits per heavy atom. The molecule has 1 aliphatic carbocycles. The molecule has 0 spiro atoms. The van der Waals surface area contributed by atoms with Crippen molar-refractivity contribution in [3.63, 3.8) is 0 Å². The Bertz CT molecular complexity index is 574. The predicted octanol–water partition coefficient (Wildman–Crippen LogP) is 1.11. The molecule has 2 heterocycles. The van der Waals surface area contributed by atoms with Gasteiger partial charge in [0.1, 0.15) is 5.75 Å². The second-order valence-electron chi connectivity index (χ2n) is 5.61. The number of likely N-dealkylation sites (tertiary alicyclic amines) is 1. The van der Waals surface area contributed by atoms with E-state index in [4.69, 9.17) is 0 Å². The molecule has 106 valence electrons. The summed E-state index contributed by atoms with van der Waals surface area (Å²) in [5.74, 6) is -1.37. The van der Waals surface area contributed by atoms with Gasteiger partial charge in [-0.1, -0.05) is 6.42 Å². The standard InChI is InChI=1S/C14H16N2O4/c17-10-4-2-6-15-11(10)12(18)16-7-9-3-1-5-14(9,8-16)13(19)20/h2,4,6,9,17H,1,3,5,7-8H2,(H,19,20)/t9-,14+/m0/s1. The number of aromatic hydroxyl groups is 1. The minimum Gasteiger partial charge on any atom is -0.505 e. The quantitative estimate of drug-likeness (QED) is 0.844. The van der Waals surface area contributed by atoms with Crippen LogP contribution >= 0.6 is 0 Å². The monoisotopic (exact) mass is 276 g/mol. The molecule has 2 atom stereocenters. The Balaban J connectivity index is 1.86. The molecular formula is C14H16N2O4. The molecule has 6 nitrogen and oxygen atoms in total. The lowest BCUT2D eigenvalue weighted by molar-refractivity contribution is -0.149. The molecule has 1 saturated carbocycles. The number of fused-ring (bicyclic) bond motifs is 1. The molecule has 0 unspecified atom stereocenters. The Kier molecular flexibility index (Phi) is 2.88. The number of carbonyl (C=O) groups excluding carboxylic acids is 1. The van der Waals surface area contributed by atoms with E-state index in [1.807, 2.05) is 0 Å². The first kappa shape index (κ1) is 12.9. The van der Waals surface area contributed by atoms with Gasteiger partial charge in [0.2, 0.25) is 0 Å². The van der Waals surface area contributed by atoms with Crippen LogP contribution in [-0.4, -0.2) is 45.1 Å². The Hall–Kier alpha value is -2.11. The molecule has 1 aromatic heterocycles. The molecule has 0 bridgehead atoms. The maximum absolute atomic E-state index is 12.4. The lowest BCUT2D eigenvalue weighted by Gasteiger charge is -2.23. The van der Waals surface area contributed by atoms with Crippen molar-refractivity contribution in [1.29, 1.82) is 0 Å². The summed E-state index contributed by atoms with van der Waals surface area (Å²) in [6, 6.07) is 2.95. The fraction of sp³-hybridized carbons (Fsp3) is 0.500. The van der Waals surface area contributed by atoms with E-state index in [9.17, 15) is 19.8 Å². The van der Waals surface area contributed by atoms with E-state index < -0.39 is 17.3 Å². The second kappa shape index (κ2) is 4.47. The number of nitrogens with zero attached hydrogens (tertiary/aromatic N) is 2. The number of hydrogen-bond acceptors (Lipinski definition) is 4. The summed E-state index contributed by atoms with van der Waals surface area (Å²) < 4.78 is 0. The zero-order valence-corrected chi connectivity index (χ0v) is 11.0. The van der Waals surface area contributed by atoms with Crippen molar-refractivity contribution in [2.75, 3.05) is 13.1 Å². The van der Waals surface area contributed by atoms with Crippen LogP contribution in [0.15, 0.2) is 18.3 Å². The predicted molar refractivity (Wildman–Crippen MR) is 69.2 cm³/mol. The summed E-state index contributed by atoms with van der Waals surface area (Å²) >= 11 is 0. The highest BCUT2D eigenvalue weighted by Crippen LogP contribution is 2.49. The molecule has 2 N–H and O–H groups in total. The summed E-state index contributed by atoms with van der Waals surface area (Å²) in [6.07, 6.45) is 3.79. The van der Waals surface area contributed by atoms with Gasteiger partial charge >= 0.3 is 5.97 Å². The van der Waals surface area contributed by atoms with E-state index in [0.29, 0.717) is 13.0 Å². The summed E-state index contributed by atoms with van der Waals surface area (Å²) in [5.41, 5.74) is -0.812. The number of carboxylic acid groups (broad SMARTS) is 1. The van der Waals surface area contributed by atoms with Crippen LogP contribution < -0.4 is 0 Å². The molecule has 0 aromatic carbocycles. The molecule has 2 aliphatic rings. The van der Waals surface area contributed by atoms with Gasteiger partial charge < -0.3 is 15.1 Å². The topological polar surface area (TPSA) is 90.7 Å². The number of carboxylic acids is 1. The largest absolute Gasteiger partial charge is 0.505 e. The minimum atomic E-state index is -0.819. The average Bonchev–Trinajstić information content (AvgIpc) is 2.96. The Labute approximate surface area is 116 Å². The fourth-order valence-corrected chi connectivity index (χ4v) is 3.50. The Morgan fingerprint density at radius 1 is 1.45 bits per heavy atom. The van der Waals surface area contributed by atoms with Crippen molar-refractivity contribution >= 4 is 11.9 Å². The lowest BCUT2D eigenvalue weighted by Crippen LogP contribution is -2.37. The van der Waals surface area contributed by atoms with Crippen molar-refractivity contribution in [1.82, 2.24) is 9.88 Å². The van der Waals surface area contributed by atoms with Crippen LogP contribution in [0.5, 0.6) is 5.75 Å². The first-order valence-corrected chi connectivity index (χ1v) is 6.71. The zero-order valence-electron chi connectivity index (χ0n) is 11.0. The van der Waals surface area contributed by atoms with Crippen molar-refractivity contribution in [3.05, 3.63) is 24.0 Å². The molecule has 0 radical (unpaired) electrons. The van der Waals surface area contributed by atoms with Crippen LogP contribution in [0.2, 0.25) is 0 Å². The zero-order chi connectivity index (χ0) is 14.3. The maximum Gasteiger partial charge on any atom is 0.311 e. The SMILES string of the molecule is O=C(c1ncccc1O)N1C[C@@H]2CCC[C@@]2(C(=O)O)C1. The second-order valence-corrected chi connectivity index (χ2v) is 5.61. The molecular weight excluding hydrogens is 260 g/mol. The maximum atomic E-state index is 12.4. The van der Waals surface area contributed by atoms with Gasteiger partial charge in [-0.3, -0.25) is 9.59 Å². The Morgan fingerprint density at radius 3 is 2.90 bits per heavy atom. The lowest BCUT2D eigenvalue weighted by atomic mass is 9.81. The van der Waals surface area contributed by atoms with Gasteiger partial charge in [-0.25, -0.2) is 4.98 Å². The highest BCUT2D eigenvalue weighted by molar-refractivity contribution is 5.95. The van der Waals surface area contributed by atoms with Crippen LogP contribution in [0.1, 0.15) is 29.8 Å². The van der Waals surface area contributed by atoms with Gasteiger partial charge in [0.15, 0.2) is 5.69 Å².